The number of aromatic nitrogens is 2. The summed E-state index contributed by atoms with van der Waals surface area (Å²) in [6.45, 7) is 10.3. The molecule has 0 saturated carbocycles. The Hall–Kier alpha value is -5.06. The molecular weight excluding hydrogens is 901 g/mol. The van der Waals surface area contributed by atoms with E-state index in [1.54, 1.807) is 6.08 Å². The van der Waals surface area contributed by atoms with E-state index < -0.39 is 23.8 Å². The average molecular weight is 969 g/mol. The molecule has 68 heavy (non-hydrogen) atoms. The van der Waals surface area contributed by atoms with Crippen molar-refractivity contribution in [2.24, 2.45) is 10.7 Å². The number of nitrogens with one attached hydrogen (secondary N) is 2. The van der Waals surface area contributed by atoms with Crippen molar-refractivity contribution in [3.05, 3.63) is 35.8 Å². The smallest absolute Gasteiger partial charge is 0.407 e. The Balaban J connectivity index is 0.958. The molecule has 25 heteroatoms. The predicted molar refractivity (Wildman–Crippen MR) is 240 cm³/mol. The monoisotopic (exact) mass is 968 g/mol. The molecule has 3 heterocycles. The fraction of sp³-hybridized carbons (Fsp3) is 0.674. The van der Waals surface area contributed by atoms with E-state index in [0.717, 1.165) is 17.1 Å². The fourth-order valence-corrected chi connectivity index (χ4v) is 5.53. The number of carbonyl (C=O) groups is 5. The molecule has 0 saturated heterocycles. The molecule has 4 N–H and O–H groups in total. The number of fused-ring (bicyclic) bond motifs is 1. The molecular formula is C43H68N8O17. The maximum Gasteiger partial charge on any atom is 0.407 e. The van der Waals surface area contributed by atoms with Gasteiger partial charge in [0.15, 0.2) is 5.82 Å². The summed E-state index contributed by atoms with van der Waals surface area (Å²) in [5.41, 5.74) is 6.80. The van der Waals surface area contributed by atoms with Crippen molar-refractivity contribution >= 4 is 47.5 Å². The van der Waals surface area contributed by atoms with Gasteiger partial charge in [0.2, 0.25) is 5.91 Å². The van der Waals surface area contributed by atoms with E-state index in [9.17, 15) is 24.0 Å². The number of nitrogens with zero attached hydrogens (tertiary/aromatic N) is 5. The molecule has 0 unspecified atom stereocenters. The second-order valence-electron chi connectivity index (χ2n) is 14.1. The zero-order valence-electron chi connectivity index (χ0n) is 38.9. The number of nitrogens with two attached hydrogens (primary N) is 1. The van der Waals surface area contributed by atoms with Gasteiger partial charge in [-0.3, -0.25) is 33.9 Å². The van der Waals surface area contributed by atoms with Gasteiger partial charge in [-0.1, -0.05) is 6.92 Å². The highest BCUT2D eigenvalue weighted by Crippen LogP contribution is 2.23. The quantitative estimate of drug-likeness (QED) is 0.0417. The van der Waals surface area contributed by atoms with Gasteiger partial charge >= 0.3 is 6.09 Å². The van der Waals surface area contributed by atoms with Crippen LogP contribution in [0.4, 0.5) is 10.6 Å². The van der Waals surface area contributed by atoms with E-state index in [1.807, 2.05) is 6.92 Å². The van der Waals surface area contributed by atoms with Crippen molar-refractivity contribution in [3.8, 4) is 0 Å². The SMILES string of the molecule is CCCN(OCCNC(=O)OCCOCCOCCOCCOCCOCCOCCOCCOCCOCCOCCNC(=O)CN1C(=O)C=CC1=O)C(=O)C1=Cc2nccnc2N=C(N)C1. The lowest BCUT2D eigenvalue weighted by Crippen LogP contribution is -2.41. The molecule has 1 aromatic heterocycles. The molecule has 5 amide bonds. The maximum absolute atomic E-state index is 13.2. The summed E-state index contributed by atoms with van der Waals surface area (Å²) in [5.74, 6) is -1.23. The number of amidine groups is 1. The van der Waals surface area contributed by atoms with Crippen LogP contribution in [0.2, 0.25) is 0 Å². The summed E-state index contributed by atoms with van der Waals surface area (Å²) in [4.78, 5) is 79.1. The van der Waals surface area contributed by atoms with Gasteiger partial charge in [0.25, 0.3) is 17.7 Å². The van der Waals surface area contributed by atoms with Crippen LogP contribution in [0.1, 0.15) is 25.5 Å². The third-order valence-corrected chi connectivity index (χ3v) is 8.76. The van der Waals surface area contributed by atoms with Gasteiger partial charge in [0.05, 0.1) is 139 Å². The van der Waals surface area contributed by atoms with E-state index in [1.165, 1.54) is 17.5 Å². The number of alkyl carbamates (subject to hydrolysis) is 1. The van der Waals surface area contributed by atoms with Gasteiger partial charge in [-0.2, -0.15) is 0 Å². The minimum atomic E-state index is -0.637. The molecule has 1 aromatic rings. The van der Waals surface area contributed by atoms with Crippen molar-refractivity contribution in [1.29, 1.82) is 0 Å². The van der Waals surface area contributed by atoms with Crippen LogP contribution in [0.25, 0.3) is 6.08 Å². The van der Waals surface area contributed by atoms with Gasteiger partial charge in [0, 0.05) is 56.2 Å². The molecule has 2 aliphatic rings. The fourth-order valence-electron chi connectivity index (χ4n) is 5.53. The van der Waals surface area contributed by atoms with E-state index in [2.05, 4.69) is 25.6 Å². The molecule has 0 aliphatic carbocycles. The zero-order chi connectivity index (χ0) is 48.7. The van der Waals surface area contributed by atoms with Crippen molar-refractivity contribution in [3.63, 3.8) is 0 Å². The van der Waals surface area contributed by atoms with Gasteiger partial charge < -0.3 is 68.5 Å². The first kappa shape index (κ1) is 57.3. The lowest BCUT2D eigenvalue weighted by atomic mass is 10.1. The number of amides is 5. The molecule has 3 rings (SSSR count). The third-order valence-electron chi connectivity index (χ3n) is 8.76. The number of aliphatic imine (C=N–C) groups is 1. The predicted octanol–water partition coefficient (Wildman–Crippen LogP) is -0.644. The minimum Gasteiger partial charge on any atom is -0.447 e. The van der Waals surface area contributed by atoms with E-state index >= 15 is 0 Å². The minimum absolute atomic E-state index is 0.0392. The van der Waals surface area contributed by atoms with Crippen molar-refractivity contribution in [1.82, 2.24) is 30.6 Å². The second kappa shape index (κ2) is 37.9. The van der Waals surface area contributed by atoms with E-state index in [-0.39, 0.29) is 64.2 Å². The normalized spacial score (nSPS) is 13.3. The Kier molecular flexibility index (Phi) is 31.9. The van der Waals surface area contributed by atoms with E-state index in [4.69, 9.17) is 62.7 Å². The molecule has 0 spiro atoms. The lowest BCUT2D eigenvalue weighted by molar-refractivity contribution is -0.181. The van der Waals surface area contributed by atoms with Crippen molar-refractivity contribution < 1.29 is 80.9 Å². The van der Waals surface area contributed by atoms with Crippen LogP contribution in [0.3, 0.4) is 0 Å². The first-order chi connectivity index (χ1) is 33.3. The van der Waals surface area contributed by atoms with Crippen LogP contribution in [-0.4, -0.2) is 227 Å². The highest BCUT2D eigenvalue weighted by Gasteiger charge is 2.25. The molecule has 382 valence electrons. The first-order valence-electron chi connectivity index (χ1n) is 22.6. The Morgan fingerprint density at radius 3 is 1.54 bits per heavy atom. The largest absolute Gasteiger partial charge is 0.447 e. The zero-order valence-corrected chi connectivity index (χ0v) is 38.9. The molecule has 2 aliphatic heterocycles. The third kappa shape index (κ3) is 27.1. The van der Waals surface area contributed by atoms with Crippen LogP contribution < -0.4 is 16.4 Å². The van der Waals surface area contributed by atoms with Crippen LogP contribution in [0, 0.1) is 0 Å². The Labute approximate surface area is 396 Å². The van der Waals surface area contributed by atoms with Gasteiger partial charge in [-0.25, -0.2) is 19.8 Å². The molecule has 0 aromatic carbocycles. The van der Waals surface area contributed by atoms with Crippen LogP contribution in [-0.2, 0) is 76.1 Å². The number of rotatable bonds is 42. The number of hydroxylamine groups is 2. The summed E-state index contributed by atoms with van der Waals surface area (Å²) in [6, 6.07) is 0. The molecule has 0 bridgehead atoms. The summed E-state index contributed by atoms with van der Waals surface area (Å²) >= 11 is 0. The van der Waals surface area contributed by atoms with Gasteiger partial charge in [-0.15, -0.1) is 0 Å². The second-order valence-corrected chi connectivity index (χ2v) is 14.1. The first-order valence-corrected chi connectivity index (χ1v) is 22.6. The average Bonchev–Trinajstić information content (AvgIpc) is 3.53. The summed E-state index contributed by atoms with van der Waals surface area (Å²) in [6.07, 6.45) is 7.01. The Morgan fingerprint density at radius 2 is 1.06 bits per heavy atom. The molecule has 0 radical (unpaired) electrons. The summed E-state index contributed by atoms with van der Waals surface area (Å²) < 4.78 is 59.7. The maximum atomic E-state index is 13.2. The number of ether oxygens (including phenoxy) is 11. The number of hydrogen-bond donors (Lipinski definition) is 3. The van der Waals surface area contributed by atoms with Gasteiger partial charge in [-0.05, 0) is 12.5 Å². The highest BCUT2D eigenvalue weighted by molar-refractivity contribution is 6.14. The number of carbonyl (C=O) groups excluding carboxylic acids is 5. The standard InChI is InChI=1S/C43H68N8O17/c1-2-9-51(42(55)35-32-36-41(47-6-5-45-36)49-37(44)33-35)68-11-8-48-43(56)67-31-30-66-29-28-65-27-26-64-25-24-63-23-22-62-21-20-61-19-18-60-17-16-59-15-14-58-13-12-57-10-7-46-38(52)34-50-39(53)3-4-40(50)54/h3-6,32H,2,7-31,33-34H2,1H3,(H,46,52)(H,48,56)(H2,44,47,49). The molecule has 0 atom stereocenters. The van der Waals surface area contributed by atoms with Gasteiger partial charge in [0.1, 0.15) is 24.7 Å². The Morgan fingerprint density at radius 1 is 0.618 bits per heavy atom. The van der Waals surface area contributed by atoms with Crippen LogP contribution in [0.5, 0.6) is 0 Å². The van der Waals surface area contributed by atoms with Crippen LogP contribution in [0.15, 0.2) is 35.1 Å². The summed E-state index contributed by atoms with van der Waals surface area (Å²) in [5, 5.41) is 6.40. The molecule has 25 nitrogen and oxygen atoms in total. The van der Waals surface area contributed by atoms with Crippen molar-refractivity contribution in [2.75, 3.05) is 172 Å². The van der Waals surface area contributed by atoms with Crippen LogP contribution >= 0.6 is 0 Å². The number of hydrogen-bond acceptors (Lipinski definition) is 21. The number of imide groups is 1. The highest BCUT2D eigenvalue weighted by atomic mass is 16.7. The van der Waals surface area contributed by atoms with Crippen molar-refractivity contribution in [2.45, 2.75) is 19.8 Å². The lowest BCUT2D eigenvalue weighted by Gasteiger charge is -2.22. The topological polar surface area (TPSA) is 291 Å². The summed E-state index contributed by atoms with van der Waals surface area (Å²) in [7, 11) is 0. The van der Waals surface area contributed by atoms with E-state index in [0.29, 0.717) is 149 Å². The molecule has 0 fully saturated rings. The Bertz CT molecular complexity index is 1690.